The first-order chi connectivity index (χ1) is 5.24. The van der Waals surface area contributed by atoms with Crippen LogP contribution in [0, 0.1) is 12.3 Å². The molecular weight excluding hydrogens is 132 g/mol. The molecule has 0 fully saturated rings. The van der Waals surface area contributed by atoms with E-state index in [1.165, 1.54) is 0 Å². The van der Waals surface area contributed by atoms with Crippen LogP contribution in [0.25, 0.3) is 5.57 Å². The molecule has 0 bridgehead atoms. The van der Waals surface area contributed by atoms with E-state index in [4.69, 9.17) is 6.42 Å². The lowest BCUT2D eigenvalue weighted by Gasteiger charge is -1.98. The fraction of sp³-hybridized carbons (Fsp3) is 0.0909. The van der Waals surface area contributed by atoms with Gasteiger partial charge in [-0.25, -0.2) is 0 Å². The Labute approximate surface area is 67.6 Å². The van der Waals surface area contributed by atoms with Gasteiger partial charge in [-0.2, -0.15) is 0 Å². The third kappa shape index (κ3) is 1.72. The number of allylic oxidation sites excluding steroid dienone is 1. The first-order valence-corrected chi connectivity index (χ1v) is 3.46. The van der Waals surface area contributed by atoms with E-state index in [1.807, 2.05) is 31.2 Å². The van der Waals surface area contributed by atoms with Crippen molar-refractivity contribution in [3.05, 3.63) is 42.0 Å². The fourth-order valence-electron chi connectivity index (χ4n) is 0.874. The van der Waals surface area contributed by atoms with Crippen molar-refractivity contribution in [3.63, 3.8) is 0 Å². The molecule has 0 aliphatic carbocycles. The Morgan fingerprint density at radius 2 is 2.27 bits per heavy atom. The zero-order valence-corrected chi connectivity index (χ0v) is 6.59. The van der Waals surface area contributed by atoms with Gasteiger partial charge in [-0.15, -0.1) is 6.42 Å². The molecule has 1 aromatic rings. The molecule has 0 aliphatic heterocycles. The molecule has 0 aromatic heterocycles. The smallest absolute Gasteiger partial charge is 0.0248 e. The largest absolute Gasteiger partial charge is 0.115 e. The topological polar surface area (TPSA) is 0 Å². The van der Waals surface area contributed by atoms with Crippen LogP contribution in [-0.2, 0) is 0 Å². The highest BCUT2D eigenvalue weighted by atomic mass is 14.0. The summed E-state index contributed by atoms with van der Waals surface area (Å²) < 4.78 is 0. The van der Waals surface area contributed by atoms with E-state index in [9.17, 15) is 0 Å². The zero-order valence-electron chi connectivity index (χ0n) is 6.59. The molecule has 1 rings (SSSR count). The van der Waals surface area contributed by atoms with Crippen molar-refractivity contribution in [3.8, 4) is 12.3 Å². The van der Waals surface area contributed by atoms with E-state index in [1.54, 1.807) is 0 Å². The third-order valence-corrected chi connectivity index (χ3v) is 1.52. The SMILES string of the molecule is C#Cc1cccc(C(=C)C)c1. The second-order valence-corrected chi connectivity index (χ2v) is 2.51. The Kier molecular flexibility index (Phi) is 2.13. The molecule has 0 radical (unpaired) electrons. The van der Waals surface area contributed by atoms with Crippen LogP contribution >= 0.6 is 0 Å². The summed E-state index contributed by atoms with van der Waals surface area (Å²) in [7, 11) is 0. The van der Waals surface area contributed by atoms with Crippen molar-refractivity contribution in [1.29, 1.82) is 0 Å². The molecule has 54 valence electrons. The average Bonchev–Trinajstić information content (AvgIpc) is 2.05. The van der Waals surface area contributed by atoms with Gasteiger partial charge in [0.2, 0.25) is 0 Å². The van der Waals surface area contributed by atoms with Gasteiger partial charge in [-0.1, -0.05) is 30.2 Å². The van der Waals surface area contributed by atoms with Crippen molar-refractivity contribution in [2.75, 3.05) is 0 Å². The highest BCUT2D eigenvalue weighted by molar-refractivity contribution is 5.62. The predicted octanol–water partition coefficient (Wildman–Crippen LogP) is 2.70. The molecule has 0 amide bonds. The van der Waals surface area contributed by atoms with Gasteiger partial charge in [0.15, 0.2) is 0 Å². The van der Waals surface area contributed by atoms with Crippen molar-refractivity contribution in [2.45, 2.75) is 6.92 Å². The van der Waals surface area contributed by atoms with Crippen LogP contribution in [0.1, 0.15) is 18.1 Å². The molecule has 0 nitrogen and oxygen atoms in total. The number of terminal acetylenes is 1. The molecule has 0 aliphatic rings. The van der Waals surface area contributed by atoms with E-state index in [0.717, 1.165) is 16.7 Å². The van der Waals surface area contributed by atoms with Gasteiger partial charge in [0.1, 0.15) is 0 Å². The highest BCUT2D eigenvalue weighted by Crippen LogP contribution is 2.12. The Morgan fingerprint density at radius 1 is 1.55 bits per heavy atom. The molecule has 0 saturated heterocycles. The zero-order chi connectivity index (χ0) is 8.27. The first kappa shape index (κ1) is 7.63. The Balaban J connectivity index is 3.13. The summed E-state index contributed by atoms with van der Waals surface area (Å²) >= 11 is 0. The molecule has 0 unspecified atom stereocenters. The maximum atomic E-state index is 5.24. The minimum atomic E-state index is 0.908. The van der Waals surface area contributed by atoms with E-state index in [-0.39, 0.29) is 0 Å². The Morgan fingerprint density at radius 3 is 2.82 bits per heavy atom. The van der Waals surface area contributed by atoms with E-state index < -0.39 is 0 Å². The maximum absolute atomic E-state index is 5.24. The second-order valence-electron chi connectivity index (χ2n) is 2.51. The summed E-state index contributed by atoms with van der Waals surface area (Å²) in [5.74, 6) is 2.58. The molecule has 0 saturated carbocycles. The number of hydrogen-bond donors (Lipinski definition) is 0. The lowest BCUT2D eigenvalue weighted by atomic mass is 10.1. The van der Waals surface area contributed by atoms with Crippen LogP contribution in [0.4, 0.5) is 0 Å². The summed E-state index contributed by atoms with van der Waals surface area (Å²) in [6, 6.07) is 7.82. The van der Waals surface area contributed by atoms with Crippen LogP contribution in [0.15, 0.2) is 30.8 Å². The Bertz CT molecular complexity index is 313. The van der Waals surface area contributed by atoms with Crippen molar-refractivity contribution in [2.24, 2.45) is 0 Å². The van der Waals surface area contributed by atoms with E-state index in [0.29, 0.717) is 0 Å². The molecule has 11 heavy (non-hydrogen) atoms. The summed E-state index contributed by atoms with van der Waals surface area (Å²) in [5, 5.41) is 0. The van der Waals surface area contributed by atoms with Gasteiger partial charge < -0.3 is 0 Å². The summed E-state index contributed by atoms with van der Waals surface area (Å²) in [4.78, 5) is 0. The number of rotatable bonds is 1. The van der Waals surface area contributed by atoms with Gasteiger partial charge >= 0.3 is 0 Å². The monoisotopic (exact) mass is 142 g/mol. The van der Waals surface area contributed by atoms with Gasteiger partial charge in [0.25, 0.3) is 0 Å². The molecule has 0 heteroatoms. The minimum absolute atomic E-state index is 0.908. The molecule has 0 N–H and O–H groups in total. The van der Waals surface area contributed by atoms with Crippen molar-refractivity contribution < 1.29 is 0 Å². The van der Waals surface area contributed by atoms with Crippen LogP contribution in [0.5, 0.6) is 0 Å². The summed E-state index contributed by atoms with van der Waals surface area (Å²) in [6.45, 7) is 5.80. The van der Waals surface area contributed by atoms with Crippen molar-refractivity contribution in [1.82, 2.24) is 0 Å². The lowest BCUT2D eigenvalue weighted by molar-refractivity contribution is 1.55. The maximum Gasteiger partial charge on any atom is 0.0248 e. The van der Waals surface area contributed by atoms with Gasteiger partial charge in [-0.05, 0) is 24.6 Å². The predicted molar refractivity (Wildman–Crippen MR) is 49.1 cm³/mol. The van der Waals surface area contributed by atoms with Crippen LogP contribution in [0.2, 0.25) is 0 Å². The molecule has 0 heterocycles. The molecule has 1 aromatic carbocycles. The third-order valence-electron chi connectivity index (χ3n) is 1.52. The van der Waals surface area contributed by atoms with Crippen LogP contribution < -0.4 is 0 Å². The standard InChI is InChI=1S/C11H10/c1-4-10-6-5-7-11(8-10)9(2)3/h1,5-8H,2H2,3H3. The van der Waals surface area contributed by atoms with Crippen LogP contribution in [0.3, 0.4) is 0 Å². The van der Waals surface area contributed by atoms with E-state index >= 15 is 0 Å². The number of benzene rings is 1. The molecular formula is C11H10. The summed E-state index contributed by atoms with van der Waals surface area (Å²) in [5.41, 5.74) is 3.06. The van der Waals surface area contributed by atoms with Gasteiger partial charge in [-0.3, -0.25) is 0 Å². The number of hydrogen-bond acceptors (Lipinski definition) is 0. The minimum Gasteiger partial charge on any atom is -0.115 e. The fourth-order valence-corrected chi connectivity index (χ4v) is 0.874. The summed E-state index contributed by atoms with van der Waals surface area (Å²) in [6.07, 6.45) is 5.24. The van der Waals surface area contributed by atoms with E-state index in [2.05, 4.69) is 12.5 Å². The average molecular weight is 142 g/mol. The first-order valence-electron chi connectivity index (χ1n) is 3.46. The van der Waals surface area contributed by atoms with Crippen molar-refractivity contribution >= 4 is 5.57 Å². The highest BCUT2D eigenvalue weighted by Gasteiger charge is 1.92. The second kappa shape index (κ2) is 3.07. The van der Waals surface area contributed by atoms with Gasteiger partial charge in [0.05, 0.1) is 0 Å². The lowest BCUT2D eigenvalue weighted by Crippen LogP contribution is -1.79. The van der Waals surface area contributed by atoms with Crippen LogP contribution in [-0.4, -0.2) is 0 Å². The Hall–Kier alpha value is -1.48. The molecule has 0 atom stereocenters. The van der Waals surface area contributed by atoms with Gasteiger partial charge in [0, 0.05) is 5.56 Å². The molecule has 0 spiro atoms. The normalized spacial score (nSPS) is 8.73. The quantitative estimate of drug-likeness (QED) is 0.529.